The van der Waals surface area contributed by atoms with E-state index in [1.807, 2.05) is 26.0 Å². The molecular weight excluding hydrogens is 310 g/mol. The minimum atomic E-state index is -0.437. The van der Waals surface area contributed by atoms with Crippen LogP contribution in [0.5, 0.6) is 0 Å². The van der Waals surface area contributed by atoms with Gasteiger partial charge in [-0.1, -0.05) is 22.0 Å². The van der Waals surface area contributed by atoms with E-state index in [1.165, 1.54) is 0 Å². The summed E-state index contributed by atoms with van der Waals surface area (Å²) in [5.74, 6) is -0.0314. The molecular formula is C14H18BrNO3. The number of hydrogen-bond acceptors (Lipinski definition) is 3. The van der Waals surface area contributed by atoms with Crippen LogP contribution in [0.2, 0.25) is 0 Å². The summed E-state index contributed by atoms with van der Waals surface area (Å²) in [5.41, 5.74) is 0.205. The second kappa shape index (κ2) is 5.61. The number of nitrogens with zero attached hydrogens (tertiary/aromatic N) is 1. The molecule has 1 amide bonds. The van der Waals surface area contributed by atoms with Crippen LogP contribution in [0.3, 0.4) is 0 Å². The molecule has 0 spiro atoms. The van der Waals surface area contributed by atoms with Crippen LogP contribution in [-0.2, 0) is 4.74 Å². The van der Waals surface area contributed by atoms with E-state index >= 15 is 0 Å². The summed E-state index contributed by atoms with van der Waals surface area (Å²) in [6, 6.07) is 7.32. The smallest absolute Gasteiger partial charge is 0.254 e. The number of halogens is 1. The lowest BCUT2D eigenvalue weighted by atomic mass is 10.0. The molecule has 4 nitrogen and oxygen atoms in total. The Morgan fingerprint density at radius 2 is 2.32 bits per heavy atom. The first kappa shape index (κ1) is 14.5. The van der Waals surface area contributed by atoms with Crippen LogP contribution in [0.15, 0.2) is 28.7 Å². The van der Waals surface area contributed by atoms with Gasteiger partial charge in [0, 0.05) is 23.1 Å². The zero-order valence-electron chi connectivity index (χ0n) is 11.1. The van der Waals surface area contributed by atoms with Crippen molar-refractivity contribution in [2.45, 2.75) is 25.6 Å². The minimum Gasteiger partial charge on any atom is -0.394 e. The fraction of sp³-hybridized carbons (Fsp3) is 0.500. The van der Waals surface area contributed by atoms with Crippen molar-refractivity contribution in [3.05, 3.63) is 34.3 Å². The lowest BCUT2D eigenvalue weighted by Crippen LogP contribution is -2.55. The SMILES string of the molecule is CC1(C)CN(C(=O)c2cccc(Br)c2)CC(CO)O1. The van der Waals surface area contributed by atoms with E-state index in [9.17, 15) is 9.90 Å². The highest BCUT2D eigenvalue weighted by Gasteiger charge is 2.35. The van der Waals surface area contributed by atoms with E-state index in [1.54, 1.807) is 17.0 Å². The predicted molar refractivity (Wildman–Crippen MR) is 76.1 cm³/mol. The Morgan fingerprint density at radius 1 is 1.58 bits per heavy atom. The molecule has 1 aliphatic rings. The topological polar surface area (TPSA) is 49.8 Å². The van der Waals surface area contributed by atoms with Gasteiger partial charge < -0.3 is 14.7 Å². The monoisotopic (exact) mass is 327 g/mol. The number of hydrogen-bond donors (Lipinski definition) is 1. The molecule has 1 aliphatic heterocycles. The van der Waals surface area contributed by atoms with E-state index in [4.69, 9.17) is 4.74 Å². The van der Waals surface area contributed by atoms with Gasteiger partial charge in [-0.05, 0) is 32.0 Å². The Balaban J connectivity index is 2.18. The van der Waals surface area contributed by atoms with Gasteiger partial charge in [0.1, 0.15) is 0 Å². The average Bonchev–Trinajstić information content (AvgIpc) is 2.36. The normalized spacial score (nSPS) is 22.3. The number of amides is 1. The highest BCUT2D eigenvalue weighted by Crippen LogP contribution is 2.23. The number of aliphatic hydroxyl groups is 1. The van der Waals surface area contributed by atoms with E-state index in [0.29, 0.717) is 18.7 Å². The van der Waals surface area contributed by atoms with Gasteiger partial charge in [0.25, 0.3) is 5.91 Å². The Labute approximate surface area is 121 Å². The maximum atomic E-state index is 12.5. The Morgan fingerprint density at radius 3 is 2.95 bits per heavy atom. The number of benzene rings is 1. The van der Waals surface area contributed by atoms with E-state index in [-0.39, 0.29) is 18.6 Å². The molecule has 1 saturated heterocycles. The summed E-state index contributed by atoms with van der Waals surface area (Å²) in [4.78, 5) is 14.2. The summed E-state index contributed by atoms with van der Waals surface area (Å²) < 4.78 is 6.59. The van der Waals surface area contributed by atoms with Gasteiger partial charge in [-0.15, -0.1) is 0 Å². The Kier molecular flexibility index (Phi) is 4.28. The fourth-order valence-electron chi connectivity index (χ4n) is 2.35. The first-order valence-electron chi connectivity index (χ1n) is 6.25. The first-order chi connectivity index (χ1) is 8.91. The van der Waals surface area contributed by atoms with Crippen molar-refractivity contribution in [2.24, 2.45) is 0 Å². The minimum absolute atomic E-state index is 0.0314. The second-order valence-electron chi connectivity index (χ2n) is 5.38. The molecule has 0 saturated carbocycles. The Bertz CT molecular complexity index is 476. The van der Waals surface area contributed by atoms with E-state index < -0.39 is 5.60 Å². The molecule has 1 N–H and O–H groups in total. The number of carbonyl (C=O) groups is 1. The van der Waals surface area contributed by atoms with Crippen LogP contribution >= 0.6 is 15.9 Å². The number of aliphatic hydroxyl groups excluding tert-OH is 1. The molecule has 19 heavy (non-hydrogen) atoms. The third kappa shape index (κ3) is 3.55. The molecule has 1 aromatic carbocycles. The van der Waals surface area contributed by atoms with Gasteiger partial charge in [-0.25, -0.2) is 0 Å². The molecule has 0 aromatic heterocycles. The predicted octanol–water partition coefficient (Wildman–Crippen LogP) is 2.06. The molecule has 2 rings (SSSR count). The molecule has 0 radical (unpaired) electrons. The van der Waals surface area contributed by atoms with Crippen LogP contribution in [0.4, 0.5) is 0 Å². The number of morpholine rings is 1. The summed E-state index contributed by atoms with van der Waals surface area (Å²) in [6.07, 6.45) is -0.320. The number of rotatable bonds is 2. The zero-order valence-corrected chi connectivity index (χ0v) is 12.7. The maximum Gasteiger partial charge on any atom is 0.254 e. The molecule has 1 unspecified atom stereocenters. The zero-order chi connectivity index (χ0) is 14.0. The number of ether oxygens (including phenoxy) is 1. The van der Waals surface area contributed by atoms with Crippen LogP contribution < -0.4 is 0 Å². The van der Waals surface area contributed by atoms with E-state index in [2.05, 4.69) is 15.9 Å². The van der Waals surface area contributed by atoms with Crippen molar-refractivity contribution in [1.29, 1.82) is 0 Å². The molecule has 0 aliphatic carbocycles. The summed E-state index contributed by atoms with van der Waals surface area (Å²) in [6.45, 7) is 4.72. The molecule has 104 valence electrons. The molecule has 1 fully saturated rings. The van der Waals surface area contributed by atoms with Crippen molar-refractivity contribution in [3.63, 3.8) is 0 Å². The third-order valence-electron chi connectivity index (χ3n) is 3.04. The van der Waals surface area contributed by atoms with Gasteiger partial charge in [0.15, 0.2) is 0 Å². The van der Waals surface area contributed by atoms with Gasteiger partial charge in [0.2, 0.25) is 0 Å². The van der Waals surface area contributed by atoms with Crippen molar-refractivity contribution in [3.8, 4) is 0 Å². The highest BCUT2D eigenvalue weighted by molar-refractivity contribution is 9.10. The average molecular weight is 328 g/mol. The van der Waals surface area contributed by atoms with Gasteiger partial charge in [0.05, 0.1) is 18.3 Å². The second-order valence-corrected chi connectivity index (χ2v) is 6.29. The molecule has 1 heterocycles. The lowest BCUT2D eigenvalue weighted by Gasteiger charge is -2.42. The Hall–Kier alpha value is -0.910. The van der Waals surface area contributed by atoms with Gasteiger partial charge in [-0.3, -0.25) is 4.79 Å². The van der Waals surface area contributed by atoms with E-state index in [0.717, 1.165) is 4.47 Å². The number of carbonyl (C=O) groups excluding carboxylic acids is 1. The summed E-state index contributed by atoms with van der Waals surface area (Å²) >= 11 is 3.37. The molecule has 5 heteroatoms. The largest absolute Gasteiger partial charge is 0.394 e. The van der Waals surface area contributed by atoms with Crippen molar-refractivity contribution in [2.75, 3.05) is 19.7 Å². The van der Waals surface area contributed by atoms with Crippen LogP contribution in [0, 0.1) is 0 Å². The maximum absolute atomic E-state index is 12.5. The van der Waals surface area contributed by atoms with Crippen LogP contribution in [0.1, 0.15) is 24.2 Å². The summed E-state index contributed by atoms with van der Waals surface area (Å²) in [5, 5.41) is 9.27. The van der Waals surface area contributed by atoms with Crippen LogP contribution in [0.25, 0.3) is 0 Å². The molecule has 1 aromatic rings. The molecule has 1 atom stereocenters. The van der Waals surface area contributed by atoms with Crippen LogP contribution in [-0.4, -0.2) is 47.3 Å². The quantitative estimate of drug-likeness (QED) is 0.904. The molecule has 0 bridgehead atoms. The van der Waals surface area contributed by atoms with Crippen molar-refractivity contribution >= 4 is 21.8 Å². The van der Waals surface area contributed by atoms with Crippen molar-refractivity contribution in [1.82, 2.24) is 4.90 Å². The highest BCUT2D eigenvalue weighted by atomic mass is 79.9. The lowest BCUT2D eigenvalue weighted by molar-refractivity contribution is -0.139. The summed E-state index contributed by atoms with van der Waals surface area (Å²) in [7, 11) is 0. The first-order valence-corrected chi connectivity index (χ1v) is 7.04. The van der Waals surface area contributed by atoms with Gasteiger partial charge in [-0.2, -0.15) is 0 Å². The standard InChI is InChI=1S/C14H18BrNO3/c1-14(2)9-16(7-12(8-17)19-14)13(18)10-4-3-5-11(15)6-10/h3-6,12,17H,7-9H2,1-2H3. The third-order valence-corrected chi connectivity index (χ3v) is 3.54. The van der Waals surface area contributed by atoms with Crippen molar-refractivity contribution < 1.29 is 14.6 Å². The fourth-order valence-corrected chi connectivity index (χ4v) is 2.75. The van der Waals surface area contributed by atoms with Gasteiger partial charge >= 0.3 is 0 Å².